The molecule has 0 aliphatic carbocycles. The molecule has 2 aromatic heterocycles. The number of nitro groups is 1. The van der Waals surface area contributed by atoms with Crippen molar-refractivity contribution in [2.75, 3.05) is 17.3 Å². The van der Waals surface area contributed by atoms with Gasteiger partial charge in [0.2, 0.25) is 11.6 Å². The monoisotopic (exact) mass is 438 g/mol. The summed E-state index contributed by atoms with van der Waals surface area (Å²) in [4.78, 5) is 24.1. The summed E-state index contributed by atoms with van der Waals surface area (Å²) in [5.41, 5.74) is -0.609. The van der Waals surface area contributed by atoms with Crippen molar-refractivity contribution in [3.63, 3.8) is 0 Å². The Morgan fingerprint density at radius 2 is 1.87 bits per heavy atom. The Hall–Kier alpha value is -3.47. The van der Waals surface area contributed by atoms with E-state index in [2.05, 4.69) is 20.3 Å². The maximum Gasteiger partial charge on any atom is 0.417 e. The van der Waals surface area contributed by atoms with Gasteiger partial charge in [0.25, 0.3) is 0 Å². The molecule has 2 heterocycles. The van der Waals surface area contributed by atoms with E-state index < -0.39 is 22.4 Å². The lowest BCUT2D eigenvalue weighted by Crippen LogP contribution is -2.20. The third-order valence-corrected chi connectivity index (χ3v) is 4.30. The van der Waals surface area contributed by atoms with Crippen molar-refractivity contribution in [3.05, 3.63) is 75.2 Å². The van der Waals surface area contributed by atoms with Crippen molar-refractivity contribution in [2.45, 2.75) is 12.7 Å². The molecule has 3 aromatic rings. The van der Waals surface area contributed by atoms with Crippen molar-refractivity contribution >= 4 is 34.7 Å². The topological polar surface area (TPSA) is 97.1 Å². The summed E-state index contributed by atoms with van der Waals surface area (Å²) in [7, 11) is 1.62. The Morgan fingerprint density at radius 3 is 2.47 bits per heavy atom. The van der Waals surface area contributed by atoms with Crippen LogP contribution in [0.1, 0.15) is 11.1 Å². The molecular formula is C18H14ClF3N6O2. The summed E-state index contributed by atoms with van der Waals surface area (Å²) in [6, 6.07) is 9.90. The van der Waals surface area contributed by atoms with Crippen molar-refractivity contribution in [1.82, 2.24) is 15.0 Å². The summed E-state index contributed by atoms with van der Waals surface area (Å²) in [5, 5.41) is 13.9. The second kappa shape index (κ2) is 8.49. The number of benzene rings is 1. The van der Waals surface area contributed by atoms with E-state index >= 15 is 0 Å². The smallest absolute Gasteiger partial charge is 0.349 e. The molecule has 12 heteroatoms. The highest BCUT2D eigenvalue weighted by molar-refractivity contribution is 6.33. The second-order valence-electron chi connectivity index (χ2n) is 6.17. The van der Waals surface area contributed by atoms with E-state index in [0.29, 0.717) is 18.8 Å². The Bertz CT molecular complexity index is 1070. The minimum absolute atomic E-state index is 0.0180. The number of aromatic nitrogens is 3. The van der Waals surface area contributed by atoms with Gasteiger partial charge in [0.15, 0.2) is 5.82 Å². The molecule has 1 N–H and O–H groups in total. The van der Waals surface area contributed by atoms with E-state index in [1.54, 1.807) is 11.9 Å². The number of anilines is 3. The Labute approximate surface area is 173 Å². The van der Waals surface area contributed by atoms with Crippen LogP contribution in [0.5, 0.6) is 0 Å². The Kier molecular flexibility index (Phi) is 6.01. The fourth-order valence-corrected chi connectivity index (χ4v) is 2.85. The van der Waals surface area contributed by atoms with Gasteiger partial charge in [-0.05, 0) is 11.6 Å². The van der Waals surface area contributed by atoms with Crippen LogP contribution < -0.4 is 10.2 Å². The number of pyridine rings is 1. The predicted octanol–water partition coefficient (Wildman–Crippen LogP) is 4.83. The summed E-state index contributed by atoms with van der Waals surface area (Å²) in [6.07, 6.45) is -2.95. The lowest BCUT2D eigenvalue weighted by Gasteiger charge is -2.19. The van der Waals surface area contributed by atoms with Crippen LogP contribution in [-0.2, 0) is 12.7 Å². The molecule has 1 aromatic carbocycles. The van der Waals surface area contributed by atoms with Crippen LogP contribution in [0.2, 0.25) is 5.02 Å². The van der Waals surface area contributed by atoms with Crippen LogP contribution >= 0.6 is 11.6 Å². The van der Waals surface area contributed by atoms with E-state index in [1.807, 2.05) is 30.3 Å². The highest BCUT2D eigenvalue weighted by Crippen LogP contribution is 2.36. The molecule has 0 amide bonds. The van der Waals surface area contributed by atoms with Gasteiger partial charge in [-0.3, -0.25) is 10.1 Å². The first kappa shape index (κ1) is 21.2. The highest BCUT2D eigenvalue weighted by Gasteiger charge is 2.32. The summed E-state index contributed by atoms with van der Waals surface area (Å²) in [5.74, 6) is -0.438. The van der Waals surface area contributed by atoms with Crippen molar-refractivity contribution < 1.29 is 18.1 Å². The van der Waals surface area contributed by atoms with E-state index in [-0.39, 0.29) is 22.5 Å². The van der Waals surface area contributed by atoms with Gasteiger partial charge < -0.3 is 10.2 Å². The molecule has 0 radical (unpaired) electrons. The van der Waals surface area contributed by atoms with E-state index in [9.17, 15) is 23.3 Å². The molecule has 0 spiro atoms. The fraction of sp³-hybridized carbons (Fsp3) is 0.167. The lowest BCUT2D eigenvalue weighted by molar-refractivity contribution is -0.383. The molecule has 0 fully saturated rings. The van der Waals surface area contributed by atoms with Gasteiger partial charge >= 0.3 is 11.9 Å². The molecule has 0 atom stereocenters. The maximum atomic E-state index is 12.8. The Morgan fingerprint density at radius 1 is 1.17 bits per heavy atom. The van der Waals surface area contributed by atoms with Crippen molar-refractivity contribution in [3.8, 4) is 0 Å². The Balaban J connectivity index is 1.94. The third kappa shape index (κ3) is 4.74. The predicted molar refractivity (Wildman–Crippen MR) is 105 cm³/mol. The number of nitrogens with zero attached hydrogens (tertiary/aromatic N) is 5. The summed E-state index contributed by atoms with van der Waals surface area (Å²) >= 11 is 5.88. The van der Waals surface area contributed by atoms with Gasteiger partial charge in [0.05, 0.1) is 15.5 Å². The highest BCUT2D eigenvalue weighted by atomic mass is 35.5. The average Bonchev–Trinajstić information content (AvgIpc) is 2.69. The molecule has 0 aliphatic heterocycles. The van der Waals surface area contributed by atoms with Gasteiger partial charge in [-0.15, -0.1) is 0 Å². The van der Waals surface area contributed by atoms with Crippen LogP contribution in [0.4, 0.5) is 36.3 Å². The van der Waals surface area contributed by atoms with E-state index in [1.165, 1.54) is 0 Å². The molecule has 0 unspecified atom stereocenters. The van der Waals surface area contributed by atoms with Crippen molar-refractivity contribution in [2.24, 2.45) is 0 Å². The van der Waals surface area contributed by atoms with Gasteiger partial charge in [-0.25, -0.2) is 15.0 Å². The van der Waals surface area contributed by atoms with Gasteiger partial charge in [0.1, 0.15) is 6.33 Å². The zero-order valence-corrected chi connectivity index (χ0v) is 16.1. The standard InChI is InChI=1S/C18H14ClF3N6O2/c1-27(9-11-5-3-2-4-6-11)17-14(28(29)30)16(24-10-25-17)26-15-13(19)7-12(8-23-15)18(20,21)22/h2-8,10H,9H2,1H3,(H,23,24,25,26). The normalized spacial score (nSPS) is 11.2. The zero-order chi connectivity index (χ0) is 21.9. The van der Waals surface area contributed by atoms with Crippen LogP contribution in [-0.4, -0.2) is 26.9 Å². The molecule has 0 bridgehead atoms. The summed E-state index contributed by atoms with van der Waals surface area (Å²) in [6.45, 7) is 0.331. The number of hydrogen-bond donors (Lipinski definition) is 1. The molecule has 156 valence electrons. The molecule has 30 heavy (non-hydrogen) atoms. The van der Waals surface area contributed by atoms with Crippen LogP contribution in [0.25, 0.3) is 0 Å². The average molecular weight is 439 g/mol. The maximum absolute atomic E-state index is 12.8. The molecular weight excluding hydrogens is 425 g/mol. The fourth-order valence-electron chi connectivity index (χ4n) is 2.64. The number of halogens is 4. The first-order valence-electron chi connectivity index (χ1n) is 8.41. The van der Waals surface area contributed by atoms with Gasteiger partial charge in [-0.1, -0.05) is 41.9 Å². The minimum atomic E-state index is -4.62. The number of rotatable bonds is 6. The van der Waals surface area contributed by atoms with Gasteiger partial charge in [-0.2, -0.15) is 13.2 Å². The number of hydrogen-bond acceptors (Lipinski definition) is 7. The second-order valence-corrected chi connectivity index (χ2v) is 6.58. The quantitative estimate of drug-likeness (QED) is 0.434. The summed E-state index contributed by atoms with van der Waals surface area (Å²) < 4.78 is 38.3. The number of alkyl halides is 3. The van der Waals surface area contributed by atoms with E-state index in [0.717, 1.165) is 11.9 Å². The first-order valence-corrected chi connectivity index (χ1v) is 8.79. The molecule has 0 saturated carbocycles. The molecule has 0 saturated heterocycles. The number of nitrogens with one attached hydrogen (secondary N) is 1. The lowest BCUT2D eigenvalue weighted by atomic mass is 10.2. The van der Waals surface area contributed by atoms with Crippen LogP contribution in [0, 0.1) is 10.1 Å². The SMILES string of the molecule is CN(Cc1ccccc1)c1ncnc(Nc2ncc(C(F)(F)F)cc2Cl)c1[N+](=O)[O-]. The van der Waals surface area contributed by atoms with Gasteiger partial charge in [0, 0.05) is 19.8 Å². The molecule has 8 nitrogen and oxygen atoms in total. The minimum Gasteiger partial charge on any atom is -0.349 e. The molecule has 3 rings (SSSR count). The first-order chi connectivity index (χ1) is 14.2. The third-order valence-electron chi connectivity index (χ3n) is 4.01. The van der Waals surface area contributed by atoms with E-state index in [4.69, 9.17) is 11.6 Å². The van der Waals surface area contributed by atoms with Crippen LogP contribution in [0.15, 0.2) is 48.9 Å². The van der Waals surface area contributed by atoms with Crippen LogP contribution in [0.3, 0.4) is 0 Å². The molecule has 0 aliphatic rings. The largest absolute Gasteiger partial charge is 0.417 e. The van der Waals surface area contributed by atoms with Crippen molar-refractivity contribution in [1.29, 1.82) is 0 Å². The zero-order valence-electron chi connectivity index (χ0n) is 15.4.